The number of halogens is 1. The van der Waals surface area contributed by atoms with E-state index < -0.39 is 0 Å². The molecule has 3 rings (SSSR count). The minimum Gasteiger partial charge on any atom is -0.405 e. The van der Waals surface area contributed by atoms with E-state index >= 15 is 0 Å². The molecule has 1 aliphatic heterocycles. The normalized spacial score (nSPS) is 14.9. The molecule has 1 heterocycles. The first kappa shape index (κ1) is 24.0. The molecular formula is C24H27ClN6O2. The summed E-state index contributed by atoms with van der Waals surface area (Å²) < 4.78 is 0. The van der Waals surface area contributed by atoms with Crippen LogP contribution >= 0.6 is 11.6 Å². The second kappa shape index (κ2) is 11.3. The molecule has 1 aliphatic rings. The van der Waals surface area contributed by atoms with Gasteiger partial charge in [-0.05, 0) is 48.7 Å². The maximum Gasteiger partial charge on any atom is 0.253 e. The van der Waals surface area contributed by atoms with E-state index in [-0.39, 0.29) is 18.4 Å². The number of aliphatic imine (C=N–C) groups is 1. The molecule has 1 fully saturated rings. The zero-order valence-electron chi connectivity index (χ0n) is 18.2. The van der Waals surface area contributed by atoms with Crippen LogP contribution in [-0.2, 0) is 4.79 Å². The predicted octanol–water partition coefficient (Wildman–Crippen LogP) is 2.43. The number of benzene rings is 2. The summed E-state index contributed by atoms with van der Waals surface area (Å²) >= 11 is 5.96. The maximum absolute atomic E-state index is 12.8. The Hall–Kier alpha value is -3.62. The van der Waals surface area contributed by atoms with Crippen LogP contribution < -0.4 is 16.8 Å². The molecule has 0 unspecified atom stereocenters. The summed E-state index contributed by atoms with van der Waals surface area (Å²) in [5, 5.41) is 3.76. The molecule has 8 nitrogen and oxygen atoms in total. The Balaban J connectivity index is 1.61. The van der Waals surface area contributed by atoms with Crippen LogP contribution in [0.25, 0.3) is 0 Å². The number of hydrogen-bond acceptors (Lipinski definition) is 6. The van der Waals surface area contributed by atoms with Crippen LogP contribution in [0.5, 0.6) is 0 Å². The zero-order valence-corrected chi connectivity index (χ0v) is 19.0. The van der Waals surface area contributed by atoms with Crippen molar-refractivity contribution in [3.05, 3.63) is 89.4 Å². The molecule has 9 heteroatoms. The lowest BCUT2D eigenvalue weighted by atomic mass is 10.1. The van der Waals surface area contributed by atoms with Gasteiger partial charge in [-0.15, -0.1) is 0 Å². The third-order valence-corrected chi connectivity index (χ3v) is 5.36. The smallest absolute Gasteiger partial charge is 0.253 e. The van der Waals surface area contributed by atoms with Gasteiger partial charge in [-0.25, -0.2) is 4.99 Å². The monoisotopic (exact) mass is 466 g/mol. The number of hydrogen-bond donors (Lipinski definition) is 3. The number of nitrogens with two attached hydrogens (primary N) is 2. The van der Waals surface area contributed by atoms with Gasteiger partial charge in [-0.1, -0.05) is 30.3 Å². The number of anilines is 1. The van der Waals surface area contributed by atoms with Crippen molar-refractivity contribution in [1.82, 2.24) is 9.80 Å². The van der Waals surface area contributed by atoms with E-state index in [1.165, 1.54) is 6.20 Å². The van der Waals surface area contributed by atoms with Crippen LogP contribution in [0.2, 0.25) is 5.02 Å². The average molecular weight is 467 g/mol. The van der Waals surface area contributed by atoms with Crippen LogP contribution in [0, 0.1) is 0 Å². The molecule has 0 bridgehead atoms. The number of carbonyl (C=O) groups is 2. The highest BCUT2D eigenvalue weighted by atomic mass is 35.5. The van der Waals surface area contributed by atoms with Crippen molar-refractivity contribution >= 4 is 34.8 Å². The largest absolute Gasteiger partial charge is 0.405 e. The molecule has 33 heavy (non-hydrogen) atoms. The highest BCUT2D eigenvalue weighted by Crippen LogP contribution is 2.16. The van der Waals surface area contributed by atoms with Gasteiger partial charge in [0.05, 0.1) is 12.3 Å². The first-order chi connectivity index (χ1) is 15.9. The van der Waals surface area contributed by atoms with Gasteiger partial charge >= 0.3 is 0 Å². The number of piperazine rings is 1. The molecule has 2 aromatic carbocycles. The minimum atomic E-state index is -0.358. The highest BCUT2D eigenvalue weighted by Gasteiger charge is 2.22. The fourth-order valence-corrected chi connectivity index (χ4v) is 3.58. The van der Waals surface area contributed by atoms with E-state index in [1.807, 2.05) is 17.0 Å². The minimum absolute atomic E-state index is 0.0461. The van der Waals surface area contributed by atoms with E-state index in [0.717, 1.165) is 11.3 Å². The molecule has 0 atom stereocenters. The van der Waals surface area contributed by atoms with Crippen molar-refractivity contribution in [3.63, 3.8) is 0 Å². The molecule has 5 N–H and O–H groups in total. The lowest BCUT2D eigenvalue weighted by Crippen LogP contribution is -2.50. The summed E-state index contributed by atoms with van der Waals surface area (Å²) in [6.07, 6.45) is 3.09. The molecule has 0 radical (unpaired) electrons. The number of amides is 2. The zero-order chi connectivity index (χ0) is 23.8. The van der Waals surface area contributed by atoms with Crippen LogP contribution in [-0.4, -0.2) is 60.0 Å². The van der Waals surface area contributed by atoms with Crippen molar-refractivity contribution in [2.45, 2.75) is 0 Å². The number of nitrogens with one attached hydrogen (secondary N) is 1. The predicted molar refractivity (Wildman–Crippen MR) is 132 cm³/mol. The van der Waals surface area contributed by atoms with Gasteiger partial charge in [0.2, 0.25) is 5.91 Å². The summed E-state index contributed by atoms with van der Waals surface area (Å²) in [7, 11) is 0. The maximum atomic E-state index is 12.8. The molecule has 0 aliphatic carbocycles. The Morgan fingerprint density at radius 2 is 1.64 bits per heavy atom. The first-order valence-electron chi connectivity index (χ1n) is 10.4. The molecule has 2 amide bonds. The Morgan fingerprint density at radius 3 is 2.21 bits per heavy atom. The molecule has 0 aromatic heterocycles. The number of primary amides is 1. The van der Waals surface area contributed by atoms with Crippen molar-refractivity contribution in [2.24, 2.45) is 16.5 Å². The molecular weight excluding hydrogens is 440 g/mol. The number of nitrogens with zero attached hydrogens (tertiary/aromatic N) is 3. The molecule has 0 saturated carbocycles. The quantitative estimate of drug-likeness (QED) is 0.516. The Kier molecular flexibility index (Phi) is 8.23. The van der Waals surface area contributed by atoms with Gasteiger partial charge in [-0.3, -0.25) is 14.5 Å². The van der Waals surface area contributed by atoms with Gasteiger partial charge in [-0.2, -0.15) is 0 Å². The lowest BCUT2D eigenvalue weighted by Gasteiger charge is -2.34. The van der Waals surface area contributed by atoms with E-state index in [4.69, 9.17) is 23.1 Å². The van der Waals surface area contributed by atoms with Crippen LogP contribution in [0.15, 0.2) is 78.2 Å². The third-order valence-electron chi connectivity index (χ3n) is 5.11. The third kappa shape index (κ3) is 6.93. The molecule has 2 aromatic rings. The molecule has 1 saturated heterocycles. The van der Waals surface area contributed by atoms with Gasteiger partial charge in [0.1, 0.15) is 5.82 Å². The topological polar surface area (TPSA) is 117 Å². The van der Waals surface area contributed by atoms with Crippen LogP contribution in [0.4, 0.5) is 5.69 Å². The highest BCUT2D eigenvalue weighted by molar-refractivity contribution is 6.30. The molecule has 0 spiro atoms. The van der Waals surface area contributed by atoms with Crippen molar-refractivity contribution < 1.29 is 9.59 Å². The Morgan fingerprint density at radius 1 is 1.03 bits per heavy atom. The van der Waals surface area contributed by atoms with Gasteiger partial charge < -0.3 is 21.7 Å². The second-order valence-electron chi connectivity index (χ2n) is 7.55. The fourth-order valence-electron chi connectivity index (χ4n) is 3.46. The summed E-state index contributed by atoms with van der Waals surface area (Å²) in [6.45, 7) is 6.54. The Bertz CT molecular complexity index is 1060. The van der Waals surface area contributed by atoms with E-state index in [1.54, 1.807) is 47.4 Å². The number of carbonyl (C=O) groups excluding carboxylic acids is 2. The standard InChI is InChI=1S/C24H27ClN6O2/c1-17(29-22(10-11-26)18-2-6-20(25)7-3-18)28-21-8-4-19(5-9-21)24(33)31-14-12-30(13-15-31)16-23(27)32/h2-11,28H,1,12-16,26H2,(H2,27,32)/b11-10-,29-22?. The van der Waals surface area contributed by atoms with Crippen molar-refractivity contribution in [1.29, 1.82) is 0 Å². The fraction of sp³-hybridized carbons (Fsp3) is 0.208. The summed E-state index contributed by atoms with van der Waals surface area (Å²) in [4.78, 5) is 32.1. The van der Waals surface area contributed by atoms with Crippen LogP contribution in [0.3, 0.4) is 0 Å². The van der Waals surface area contributed by atoms with Gasteiger partial charge in [0.25, 0.3) is 5.91 Å². The van der Waals surface area contributed by atoms with E-state index in [2.05, 4.69) is 16.9 Å². The number of rotatable bonds is 8. The van der Waals surface area contributed by atoms with E-state index in [9.17, 15) is 9.59 Å². The Labute approximate surface area is 198 Å². The lowest BCUT2D eigenvalue weighted by molar-refractivity contribution is -0.119. The van der Waals surface area contributed by atoms with Gasteiger partial charge in [0, 0.05) is 48.0 Å². The van der Waals surface area contributed by atoms with E-state index in [0.29, 0.717) is 48.3 Å². The first-order valence-corrected chi connectivity index (χ1v) is 10.8. The van der Waals surface area contributed by atoms with Gasteiger partial charge in [0.15, 0.2) is 0 Å². The SMILES string of the molecule is C=C(N=C(/C=C\N)c1ccc(Cl)cc1)Nc1ccc(C(=O)N2CCN(CC(N)=O)CC2)cc1. The van der Waals surface area contributed by atoms with Crippen molar-refractivity contribution in [2.75, 3.05) is 38.0 Å². The number of allylic oxidation sites excluding steroid dienone is 1. The molecule has 172 valence electrons. The summed E-state index contributed by atoms with van der Waals surface area (Å²) in [6, 6.07) is 14.4. The van der Waals surface area contributed by atoms with Crippen LogP contribution in [0.1, 0.15) is 15.9 Å². The average Bonchev–Trinajstić information content (AvgIpc) is 2.79. The summed E-state index contributed by atoms with van der Waals surface area (Å²) in [5.74, 6) is 0.0149. The second-order valence-corrected chi connectivity index (χ2v) is 7.98. The summed E-state index contributed by atoms with van der Waals surface area (Å²) in [5.41, 5.74) is 13.6. The van der Waals surface area contributed by atoms with Crippen molar-refractivity contribution in [3.8, 4) is 0 Å².